The molecule has 0 unspecified atom stereocenters. The SMILES string of the molecule is Cc1cnn2c(NCc3ccc(C(=O)NC4CC4)cc3)cc(-c3ccccc3F)nc12. The minimum absolute atomic E-state index is 0.0283. The fourth-order valence-corrected chi connectivity index (χ4v) is 3.47. The lowest BCUT2D eigenvalue weighted by atomic mass is 10.1. The van der Waals surface area contributed by atoms with E-state index in [-0.39, 0.29) is 11.7 Å². The topological polar surface area (TPSA) is 71.3 Å². The Morgan fingerprint density at radius 3 is 2.68 bits per heavy atom. The summed E-state index contributed by atoms with van der Waals surface area (Å²) in [5, 5.41) is 10.8. The largest absolute Gasteiger partial charge is 0.366 e. The zero-order valence-electron chi connectivity index (χ0n) is 17.1. The van der Waals surface area contributed by atoms with Crippen LogP contribution < -0.4 is 10.6 Å². The molecule has 0 atom stereocenters. The van der Waals surface area contributed by atoms with Crippen molar-refractivity contribution >= 4 is 17.4 Å². The Morgan fingerprint density at radius 1 is 1.16 bits per heavy atom. The third kappa shape index (κ3) is 3.99. The molecule has 2 aromatic carbocycles. The molecule has 0 radical (unpaired) electrons. The van der Waals surface area contributed by atoms with Gasteiger partial charge in [0.2, 0.25) is 0 Å². The van der Waals surface area contributed by atoms with Crippen LogP contribution in [0.2, 0.25) is 0 Å². The second kappa shape index (κ2) is 7.83. The van der Waals surface area contributed by atoms with Crippen molar-refractivity contribution < 1.29 is 9.18 Å². The maximum Gasteiger partial charge on any atom is 0.251 e. The van der Waals surface area contributed by atoms with Gasteiger partial charge in [0.25, 0.3) is 5.91 Å². The summed E-state index contributed by atoms with van der Waals surface area (Å²) in [7, 11) is 0. The van der Waals surface area contributed by atoms with Gasteiger partial charge in [0.15, 0.2) is 5.65 Å². The third-order valence-corrected chi connectivity index (χ3v) is 5.40. The number of carbonyl (C=O) groups is 1. The maximum absolute atomic E-state index is 14.4. The van der Waals surface area contributed by atoms with Crippen molar-refractivity contribution in [2.24, 2.45) is 0 Å². The Kier molecular flexibility index (Phi) is 4.86. The standard InChI is InChI=1S/C24H22FN5O/c1-15-13-27-30-22(12-21(29-23(15)30)19-4-2-3-5-20(19)25)26-14-16-6-8-17(9-7-16)24(31)28-18-10-11-18/h2-9,12-13,18,26H,10-11,14H2,1H3,(H,28,31). The number of aromatic nitrogens is 3. The molecular formula is C24H22FN5O. The molecule has 7 heteroatoms. The molecule has 1 aliphatic carbocycles. The van der Waals surface area contributed by atoms with Crippen LogP contribution in [0.3, 0.4) is 0 Å². The number of rotatable bonds is 6. The van der Waals surface area contributed by atoms with Gasteiger partial charge in [0.05, 0.1) is 11.9 Å². The van der Waals surface area contributed by atoms with Gasteiger partial charge in [-0.2, -0.15) is 9.61 Å². The molecule has 1 saturated carbocycles. The van der Waals surface area contributed by atoms with Crippen LogP contribution in [0.1, 0.15) is 34.3 Å². The smallest absolute Gasteiger partial charge is 0.251 e. The molecule has 0 bridgehead atoms. The molecule has 0 spiro atoms. The first-order chi connectivity index (χ1) is 15.1. The molecule has 2 aromatic heterocycles. The maximum atomic E-state index is 14.4. The highest BCUT2D eigenvalue weighted by molar-refractivity contribution is 5.94. The predicted octanol–water partition coefficient (Wildman–Crippen LogP) is 4.35. The number of benzene rings is 2. The fourth-order valence-electron chi connectivity index (χ4n) is 3.47. The van der Waals surface area contributed by atoms with E-state index in [2.05, 4.69) is 20.7 Å². The van der Waals surface area contributed by atoms with Crippen LogP contribution in [0.15, 0.2) is 60.8 Å². The lowest BCUT2D eigenvalue weighted by Crippen LogP contribution is -2.25. The Labute approximate surface area is 179 Å². The molecule has 0 saturated heterocycles. The van der Waals surface area contributed by atoms with Gasteiger partial charge in [0, 0.05) is 35.3 Å². The van der Waals surface area contributed by atoms with E-state index >= 15 is 0 Å². The van der Waals surface area contributed by atoms with Crippen LogP contribution in [0.5, 0.6) is 0 Å². The number of hydrogen-bond donors (Lipinski definition) is 2. The molecule has 1 amide bonds. The Balaban J connectivity index is 1.39. The van der Waals surface area contributed by atoms with E-state index in [0.29, 0.717) is 40.9 Å². The highest BCUT2D eigenvalue weighted by Gasteiger charge is 2.23. The monoisotopic (exact) mass is 415 g/mol. The third-order valence-electron chi connectivity index (χ3n) is 5.40. The molecule has 2 N–H and O–H groups in total. The van der Waals surface area contributed by atoms with Gasteiger partial charge in [-0.25, -0.2) is 9.37 Å². The lowest BCUT2D eigenvalue weighted by molar-refractivity contribution is 0.0951. The van der Waals surface area contributed by atoms with Crippen LogP contribution >= 0.6 is 0 Å². The van der Waals surface area contributed by atoms with Crippen molar-refractivity contribution in [3.63, 3.8) is 0 Å². The van der Waals surface area contributed by atoms with Crippen molar-refractivity contribution in [1.82, 2.24) is 19.9 Å². The summed E-state index contributed by atoms with van der Waals surface area (Å²) in [6, 6.07) is 16.3. The van der Waals surface area contributed by atoms with Gasteiger partial charge in [-0.3, -0.25) is 4.79 Å². The highest BCUT2D eigenvalue weighted by Crippen LogP contribution is 2.26. The average molecular weight is 415 g/mol. The summed E-state index contributed by atoms with van der Waals surface area (Å²) < 4.78 is 16.1. The molecule has 0 aliphatic heterocycles. The van der Waals surface area contributed by atoms with Crippen LogP contribution in [-0.2, 0) is 6.54 Å². The van der Waals surface area contributed by atoms with E-state index in [9.17, 15) is 9.18 Å². The van der Waals surface area contributed by atoms with E-state index in [1.165, 1.54) is 6.07 Å². The number of fused-ring (bicyclic) bond motifs is 1. The zero-order chi connectivity index (χ0) is 21.4. The number of anilines is 1. The number of carbonyl (C=O) groups excluding carboxylic acids is 1. The minimum atomic E-state index is -0.317. The van der Waals surface area contributed by atoms with Crippen LogP contribution in [0.4, 0.5) is 10.2 Å². The highest BCUT2D eigenvalue weighted by atomic mass is 19.1. The van der Waals surface area contributed by atoms with Gasteiger partial charge >= 0.3 is 0 Å². The molecule has 6 nitrogen and oxygen atoms in total. The first-order valence-corrected chi connectivity index (χ1v) is 10.3. The Morgan fingerprint density at radius 2 is 1.94 bits per heavy atom. The van der Waals surface area contributed by atoms with Gasteiger partial charge in [-0.1, -0.05) is 24.3 Å². The zero-order valence-corrected chi connectivity index (χ0v) is 17.1. The van der Waals surface area contributed by atoms with Gasteiger partial charge in [-0.15, -0.1) is 0 Å². The van der Waals surface area contributed by atoms with Crippen molar-refractivity contribution in [1.29, 1.82) is 0 Å². The van der Waals surface area contributed by atoms with Crippen LogP contribution in [-0.4, -0.2) is 26.5 Å². The van der Waals surface area contributed by atoms with Crippen LogP contribution in [0, 0.1) is 12.7 Å². The molecule has 4 aromatic rings. The van der Waals surface area contributed by atoms with Gasteiger partial charge in [0.1, 0.15) is 11.6 Å². The molecule has 5 rings (SSSR count). The number of aryl methyl sites for hydroxylation is 1. The molecular weight excluding hydrogens is 393 g/mol. The molecule has 2 heterocycles. The average Bonchev–Trinajstić information content (AvgIpc) is 3.52. The number of amides is 1. The summed E-state index contributed by atoms with van der Waals surface area (Å²) in [6.07, 6.45) is 3.87. The van der Waals surface area contributed by atoms with E-state index in [4.69, 9.17) is 0 Å². The molecule has 156 valence electrons. The van der Waals surface area contributed by atoms with E-state index < -0.39 is 0 Å². The van der Waals surface area contributed by atoms with Crippen molar-refractivity contribution in [3.05, 3.63) is 83.3 Å². The Bertz CT molecular complexity index is 1260. The van der Waals surface area contributed by atoms with Crippen LogP contribution in [0.25, 0.3) is 16.9 Å². The number of nitrogens with one attached hydrogen (secondary N) is 2. The lowest BCUT2D eigenvalue weighted by Gasteiger charge is -2.12. The van der Waals surface area contributed by atoms with E-state index in [0.717, 1.165) is 24.0 Å². The van der Waals surface area contributed by atoms with Crippen molar-refractivity contribution in [3.8, 4) is 11.3 Å². The van der Waals surface area contributed by atoms with Gasteiger partial charge < -0.3 is 10.6 Å². The number of hydrogen-bond acceptors (Lipinski definition) is 4. The molecule has 1 aliphatic rings. The van der Waals surface area contributed by atoms with Crippen molar-refractivity contribution in [2.75, 3.05) is 5.32 Å². The first kappa shape index (κ1) is 19.2. The second-order valence-electron chi connectivity index (χ2n) is 7.87. The summed E-state index contributed by atoms with van der Waals surface area (Å²) >= 11 is 0. The van der Waals surface area contributed by atoms with E-state index in [1.54, 1.807) is 35.0 Å². The number of halogens is 1. The van der Waals surface area contributed by atoms with Gasteiger partial charge in [-0.05, 0) is 49.6 Å². The molecule has 31 heavy (non-hydrogen) atoms. The Hall–Kier alpha value is -3.74. The summed E-state index contributed by atoms with van der Waals surface area (Å²) in [4.78, 5) is 16.8. The molecule has 1 fully saturated rings. The fraction of sp³-hybridized carbons (Fsp3) is 0.208. The summed E-state index contributed by atoms with van der Waals surface area (Å²) in [5.74, 6) is 0.369. The number of nitrogens with zero attached hydrogens (tertiary/aromatic N) is 3. The second-order valence-corrected chi connectivity index (χ2v) is 7.87. The summed E-state index contributed by atoms with van der Waals surface area (Å²) in [6.45, 7) is 2.45. The van der Waals surface area contributed by atoms with E-state index in [1.807, 2.05) is 31.2 Å². The van der Waals surface area contributed by atoms with Crippen molar-refractivity contribution in [2.45, 2.75) is 32.4 Å². The summed E-state index contributed by atoms with van der Waals surface area (Å²) in [5.41, 5.74) is 4.25. The minimum Gasteiger partial charge on any atom is -0.366 e. The first-order valence-electron chi connectivity index (χ1n) is 10.3. The normalized spacial score (nSPS) is 13.4. The predicted molar refractivity (Wildman–Crippen MR) is 117 cm³/mol. The quantitative estimate of drug-likeness (QED) is 0.491.